The van der Waals surface area contributed by atoms with E-state index >= 15 is 0 Å². The van der Waals surface area contributed by atoms with Crippen LogP contribution in [0.1, 0.15) is 12.0 Å². The summed E-state index contributed by atoms with van der Waals surface area (Å²) in [6.07, 6.45) is 0.477. The lowest BCUT2D eigenvalue weighted by Gasteiger charge is -2.06. The molecule has 96 valence electrons. The van der Waals surface area contributed by atoms with Crippen LogP contribution in [0.2, 0.25) is 0 Å². The molecule has 1 aromatic carbocycles. The Morgan fingerprint density at radius 3 is 2.82 bits per heavy atom. The number of rotatable bonds is 6. The maximum absolute atomic E-state index is 11.5. The van der Waals surface area contributed by atoms with Gasteiger partial charge in [-0.05, 0) is 24.7 Å². The van der Waals surface area contributed by atoms with Gasteiger partial charge in [0.25, 0.3) is 0 Å². The first-order chi connectivity index (χ1) is 7.76. The number of nitrogens with one attached hydrogen (secondary N) is 2. The molecule has 0 unspecified atom stereocenters. The van der Waals surface area contributed by atoms with Crippen molar-refractivity contribution < 1.29 is 9.53 Å². The highest BCUT2D eigenvalue weighted by Gasteiger charge is 2.01. The molecule has 4 nitrogen and oxygen atoms in total. The second-order valence-corrected chi connectivity index (χ2v) is 3.54. The molecule has 1 amide bonds. The third kappa shape index (κ3) is 6.26. The van der Waals surface area contributed by atoms with Crippen LogP contribution < -0.4 is 10.6 Å². The molecule has 0 radical (unpaired) electrons. The van der Waals surface area contributed by atoms with E-state index in [2.05, 4.69) is 10.6 Å². The number of benzene rings is 1. The highest BCUT2D eigenvalue weighted by atomic mass is 35.5. The minimum atomic E-state index is 0. The zero-order valence-electron chi connectivity index (χ0n) is 10.2. The Labute approximate surface area is 108 Å². The number of carbonyl (C=O) groups is 1. The van der Waals surface area contributed by atoms with Gasteiger partial charge in [-0.25, -0.2) is 0 Å². The predicted octanol–water partition coefficient (Wildman–Crippen LogP) is 1.80. The van der Waals surface area contributed by atoms with Gasteiger partial charge < -0.3 is 15.4 Å². The van der Waals surface area contributed by atoms with E-state index in [1.54, 1.807) is 7.11 Å². The molecule has 0 aliphatic rings. The summed E-state index contributed by atoms with van der Waals surface area (Å²) in [4.78, 5) is 11.5. The molecular weight excluding hydrogens is 240 g/mol. The number of amides is 1. The highest BCUT2D eigenvalue weighted by Crippen LogP contribution is 2.11. The SMILES string of the molecule is CNCCC(=O)Nc1cccc(COC)c1.Cl. The number of carbonyl (C=O) groups excluding carboxylic acids is 1. The molecule has 0 bridgehead atoms. The van der Waals surface area contributed by atoms with Gasteiger partial charge >= 0.3 is 0 Å². The lowest BCUT2D eigenvalue weighted by Crippen LogP contribution is -2.18. The van der Waals surface area contributed by atoms with Crippen LogP contribution in [-0.2, 0) is 16.1 Å². The first kappa shape index (κ1) is 15.9. The summed E-state index contributed by atoms with van der Waals surface area (Å²) in [5.74, 6) is 0.0175. The van der Waals surface area contributed by atoms with Gasteiger partial charge in [-0.15, -0.1) is 12.4 Å². The molecule has 0 aliphatic carbocycles. The van der Waals surface area contributed by atoms with Gasteiger partial charge in [-0.3, -0.25) is 4.79 Å². The Kier molecular flexibility index (Phi) is 8.40. The fraction of sp³-hybridized carbons (Fsp3) is 0.417. The zero-order chi connectivity index (χ0) is 11.8. The lowest BCUT2D eigenvalue weighted by molar-refractivity contribution is -0.116. The van der Waals surface area contributed by atoms with Crippen LogP contribution in [0.4, 0.5) is 5.69 Å². The number of ether oxygens (including phenoxy) is 1. The summed E-state index contributed by atoms with van der Waals surface area (Å²) in [7, 11) is 3.48. The first-order valence-electron chi connectivity index (χ1n) is 5.28. The van der Waals surface area contributed by atoms with Crippen molar-refractivity contribution >= 4 is 24.0 Å². The highest BCUT2D eigenvalue weighted by molar-refractivity contribution is 5.90. The molecule has 0 fully saturated rings. The fourth-order valence-electron chi connectivity index (χ4n) is 1.37. The summed E-state index contributed by atoms with van der Waals surface area (Å²) in [5, 5.41) is 5.78. The van der Waals surface area contributed by atoms with E-state index < -0.39 is 0 Å². The van der Waals surface area contributed by atoms with Gasteiger partial charge in [-0.1, -0.05) is 12.1 Å². The average molecular weight is 259 g/mol. The average Bonchev–Trinajstić information content (AvgIpc) is 2.27. The van der Waals surface area contributed by atoms with Gasteiger partial charge in [0.2, 0.25) is 5.91 Å². The largest absolute Gasteiger partial charge is 0.380 e. The molecular formula is C12H19ClN2O2. The van der Waals surface area contributed by atoms with E-state index in [-0.39, 0.29) is 18.3 Å². The van der Waals surface area contributed by atoms with Crippen molar-refractivity contribution in [3.05, 3.63) is 29.8 Å². The molecule has 1 rings (SSSR count). The van der Waals surface area contributed by atoms with Gasteiger partial charge in [0.15, 0.2) is 0 Å². The number of anilines is 1. The van der Waals surface area contributed by atoms with E-state index in [0.717, 1.165) is 11.3 Å². The third-order valence-corrected chi connectivity index (χ3v) is 2.12. The number of hydrogen-bond acceptors (Lipinski definition) is 3. The molecule has 0 spiro atoms. The van der Waals surface area contributed by atoms with Crippen molar-refractivity contribution in [3.63, 3.8) is 0 Å². The van der Waals surface area contributed by atoms with Crippen molar-refractivity contribution in [3.8, 4) is 0 Å². The number of hydrogen-bond donors (Lipinski definition) is 2. The second kappa shape index (κ2) is 8.98. The van der Waals surface area contributed by atoms with Crippen molar-refractivity contribution in [1.29, 1.82) is 0 Å². The van der Waals surface area contributed by atoms with Gasteiger partial charge in [0.05, 0.1) is 6.61 Å². The van der Waals surface area contributed by atoms with Gasteiger partial charge in [0, 0.05) is 25.8 Å². The Morgan fingerprint density at radius 2 is 2.18 bits per heavy atom. The number of halogens is 1. The normalized spacial score (nSPS) is 9.53. The predicted molar refractivity (Wildman–Crippen MR) is 71.6 cm³/mol. The molecule has 0 aromatic heterocycles. The van der Waals surface area contributed by atoms with Gasteiger partial charge in [0.1, 0.15) is 0 Å². The summed E-state index contributed by atoms with van der Waals surface area (Å²) >= 11 is 0. The maximum atomic E-state index is 11.5. The topological polar surface area (TPSA) is 50.4 Å². The van der Waals surface area contributed by atoms with Crippen LogP contribution >= 0.6 is 12.4 Å². The van der Waals surface area contributed by atoms with Crippen LogP contribution in [-0.4, -0.2) is 26.6 Å². The quantitative estimate of drug-likeness (QED) is 0.818. The fourth-order valence-corrected chi connectivity index (χ4v) is 1.37. The second-order valence-electron chi connectivity index (χ2n) is 3.54. The van der Waals surface area contributed by atoms with Crippen molar-refractivity contribution in [2.24, 2.45) is 0 Å². The van der Waals surface area contributed by atoms with Crippen LogP contribution in [0.3, 0.4) is 0 Å². The maximum Gasteiger partial charge on any atom is 0.225 e. The summed E-state index contributed by atoms with van der Waals surface area (Å²) < 4.78 is 5.03. The molecule has 0 aliphatic heterocycles. The van der Waals surface area contributed by atoms with E-state index in [4.69, 9.17) is 4.74 Å². The molecule has 1 aromatic rings. The standard InChI is InChI=1S/C12H18N2O2.ClH/c1-13-7-6-12(15)14-11-5-3-4-10(8-11)9-16-2;/h3-5,8,13H,6-7,9H2,1-2H3,(H,14,15);1H. The molecule has 5 heteroatoms. The van der Waals surface area contributed by atoms with Gasteiger partial charge in [-0.2, -0.15) is 0 Å². The smallest absolute Gasteiger partial charge is 0.225 e. The minimum Gasteiger partial charge on any atom is -0.380 e. The molecule has 2 N–H and O–H groups in total. The van der Waals surface area contributed by atoms with Crippen LogP contribution in [0.15, 0.2) is 24.3 Å². The Bertz CT molecular complexity index is 345. The molecule has 0 saturated carbocycles. The van der Waals surface area contributed by atoms with E-state index in [9.17, 15) is 4.79 Å². The van der Waals surface area contributed by atoms with Crippen molar-refractivity contribution in [2.45, 2.75) is 13.0 Å². The monoisotopic (exact) mass is 258 g/mol. The lowest BCUT2D eigenvalue weighted by atomic mass is 10.2. The van der Waals surface area contributed by atoms with Crippen molar-refractivity contribution in [1.82, 2.24) is 5.32 Å². The summed E-state index contributed by atoms with van der Waals surface area (Å²) in [6, 6.07) is 7.66. The molecule has 0 atom stereocenters. The van der Waals surface area contributed by atoms with E-state index in [1.165, 1.54) is 0 Å². The number of methoxy groups -OCH3 is 1. The van der Waals surface area contributed by atoms with Crippen molar-refractivity contribution in [2.75, 3.05) is 26.0 Å². The third-order valence-electron chi connectivity index (χ3n) is 2.12. The minimum absolute atomic E-state index is 0. The van der Waals surface area contributed by atoms with Crippen LogP contribution in [0.5, 0.6) is 0 Å². The Morgan fingerprint density at radius 1 is 1.41 bits per heavy atom. The Hall–Kier alpha value is -1.10. The van der Waals surface area contributed by atoms with Crippen LogP contribution in [0.25, 0.3) is 0 Å². The van der Waals surface area contributed by atoms with E-state index in [1.807, 2.05) is 31.3 Å². The molecule has 17 heavy (non-hydrogen) atoms. The Balaban J connectivity index is 0.00000256. The molecule has 0 heterocycles. The summed E-state index contributed by atoms with van der Waals surface area (Å²) in [5.41, 5.74) is 1.87. The molecule has 0 saturated heterocycles. The van der Waals surface area contributed by atoms with Crippen LogP contribution in [0, 0.1) is 0 Å². The summed E-state index contributed by atoms with van der Waals surface area (Å²) in [6.45, 7) is 1.24. The first-order valence-corrected chi connectivity index (χ1v) is 5.28. The van der Waals surface area contributed by atoms with E-state index in [0.29, 0.717) is 19.6 Å². The zero-order valence-corrected chi connectivity index (χ0v) is 11.0.